The van der Waals surface area contributed by atoms with Gasteiger partial charge in [0.25, 0.3) is 5.91 Å². The van der Waals surface area contributed by atoms with Crippen LogP contribution in [-0.4, -0.2) is 35.4 Å². The van der Waals surface area contributed by atoms with Crippen LogP contribution in [0.4, 0.5) is 0 Å². The number of nitrogens with zero attached hydrogens (tertiary/aromatic N) is 1. The molecule has 1 aliphatic heterocycles. The Morgan fingerprint density at radius 2 is 1.80 bits per heavy atom. The van der Waals surface area contributed by atoms with E-state index in [4.69, 9.17) is 4.74 Å². The number of fused-ring (bicyclic) bond motifs is 1. The topological polar surface area (TPSA) is 58.6 Å². The summed E-state index contributed by atoms with van der Waals surface area (Å²) >= 11 is 0. The first kappa shape index (κ1) is 20.5. The summed E-state index contributed by atoms with van der Waals surface area (Å²) in [5, 5.41) is 3.26. The molecule has 1 heterocycles. The second-order valence-corrected chi connectivity index (χ2v) is 8.62. The number of nitrogens with one attached hydrogen (secondary N) is 1. The van der Waals surface area contributed by atoms with Gasteiger partial charge in [-0.2, -0.15) is 0 Å². The molecule has 5 heteroatoms. The lowest BCUT2D eigenvalue weighted by atomic mass is 9.82. The summed E-state index contributed by atoms with van der Waals surface area (Å²) in [6, 6.07) is 15.5. The number of ether oxygens (including phenoxy) is 1. The summed E-state index contributed by atoms with van der Waals surface area (Å²) in [5.41, 5.74) is 1.55. The van der Waals surface area contributed by atoms with Crippen LogP contribution in [0.1, 0.15) is 60.5 Å². The zero-order valence-electron chi connectivity index (χ0n) is 17.8. The summed E-state index contributed by atoms with van der Waals surface area (Å²) < 4.78 is 5.50. The standard InChI is InChI=1S/C25H30N2O3/c1-25(24(29)26-20-12-4-3-5-13-20)16-18-10-6-8-14-21(18)23(28)27(25)17-19-11-7-9-15-22(19)30-2/h6-11,14-15,20H,3-5,12-13,16-17H2,1-2H3,(H,26,29). The van der Waals surface area contributed by atoms with E-state index in [9.17, 15) is 9.59 Å². The molecule has 0 aromatic heterocycles. The van der Waals surface area contributed by atoms with Crippen LogP contribution >= 0.6 is 0 Å². The van der Waals surface area contributed by atoms with E-state index in [2.05, 4.69) is 5.32 Å². The molecule has 1 aliphatic carbocycles. The highest BCUT2D eigenvalue weighted by Crippen LogP contribution is 2.34. The lowest BCUT2D eigenvalue weighted by Crippen LogP contribution is -2.63. The van der Waals surface area contributed by atoms with Crippen molar-refractivity contribution in [3.63, 3.8) is 0 Å². The maximum absolute atomic E-state index is 13.6. The van der Waals surface area contributed by atoms with Gasteiger partial charge in [-0.3, -0.25) is 9.59 Å². The molecule has 0 saturated heterocycles. The molecule has 2 aliphatic rings. The molecule has 1 saturated carbocycles. The molecule has 5 nitrogen and oxygen atoms in total. The predicted molar refractivity (Wildman–Crippen MR) is 116 cm³/mol. The molecule has 0 bridgehead atoms. The Balaban J connectivity index is 1.69. The molecule has 158 valence electrons. The van der Waals surface area contributed by atoms with Gasteiger partial charge in [0, 0.05) is 23.6 Å². The van der Waals surface area contributed by atoms with Crippen LogP contribution in [0.2, 0.25) is 0 Å². The van der Waals surface area contributed by atoms with Crippen LogP contribution in [0.3, 0.4) is 0 Å². The molecule has 2 amide bonds. The number of amides is 2. The first-order chi connectivity index (χ1) is 14.5. The monoisotopic (exact) mass is 406 g/mol. The van der Waals surface area contributed by atoms with E-state index < -0.39 is 5.54 Å². The number of carbonyl (C=O) groups excluding carboxylic acids is 2. The number of carbonyl (C=O) groups is 2. The SMILES string of the molecule is COc1ccccc1CN1C(=O)c2ccccc2CC1(C)C(=O)NC1CCCCC1. The molecule has 1 N–H and O–H groups in total. The summed E-state index contributed by atoms with van der Waals surface area (Å²) in [4.78, 5) is 28.8. The van der Waals surface area contributed by atoms with Crippen molar-refractivity contribution in [1.82, 2.24) is 10.2 Å². The number of methoxy groups -OCH3 is 1. The van der Waals surface area contributed by atoms with E-state index in [0.717, 1.165) is 42.6 Å². The Bertz CT molecular complexity index is 935. The number of hydrogen-bond acceptors (Lipinski definition) is 3. The molecule has 0 radical (unpaired) electrons. The van der Waals surface area contributed by atoms with Crippen LogP contribution in [0.25, 0.3) is 0 Å². The molecular weight excluding hydrogens is 376 g/mol. The Kier molecular flexibility index (Phi) is 5.80. The van der Waals surface area contributed by atoms with Gasteiger partial charge in [-0.05, 0) is 37.5 Å². The van der Waals surface area contributed by atoms with E-state index >= 15 is 0 Å². The van der Waals surface area contributed by atoms with Crippen molar-refractivity contribution in [2.24, 2.45) is 0 Å². The maximum Gasteiger partial charge on any atom is 0.255 e. The number of rotatable bonds is 5. The van der Waals surface area contributed by atoms with Crippen LogP contribution in [0.5, 0.6) is 5.75 Å². The fourth-order valence-electron chi connectivity index (χ4n) is 4.76. The molecule has 4 rings (SSSR count). The van der Waals surface area contributed by atoms with E-state index in [1.54, 1.807) is 12.0 Å². The van der Waals surface area contributed by atoms with Gasteiger partial charge in [-0.1, -0.05) is 55.7 Å². The highest BCUT2D eigenvalue weighted by atomic mass is 16.5. The number of benzene rings is 2. The largest absolute Gasteiger partial charge is 0.496 e. The molecule has 1 fully saturated rings. The zero-order valence-corrected chi connectivity index (χ0v) is 17.8. The zero-order chi connectivity index (χ0) is 21.1. The molecule has 0 spiro atoms. The first-order valence-corrected chi connectivity index (χ1v) is 10.9. The second-order valence-electron chi connectivity index (χ2n) is 8.62. The maximum atomic E-state index is 13.6. The summed E-state index contributed by atoms with van der Waals surface area (Å²) in [6.45, 7) is 2.22. The Morgan fingerprint density at radius 1 is 1.10 bits per heavy atom. The van der Waals surface area contributed by atoms with Crippen molar-refractivity contribution in [3.05, 3.63) is 65.2 Å². The minimum atomic E-state index is -0.955. The van der Waals surface area contributed by atoms with Crippen LogP contribution in [0, 0.1) is 0 Å². The van der Waals surface area contributed by atoms with Crippen LogP contribution in [-0.2, 0) is 17.8 Å². The van der Waals surface area contributed by atoms with Crippen molar-refractivity contribution in [2.75, 3.05) is 7.11 Å². The predicted octanol–water partition coefficient (Wildman–Crippen LogP) is 4.10. The molecule has 2 aromatic rings. The normalized spacial score (nSPS) is 21.8. The molecule has 2 aromatic carbocycles. The highest BCUT2D eigenvalue weighted by molar-refractivity contribution is 6.02. The average molecular weight is 407 g/mol. The van der Waals surface area contributed by atoms with E-state index in [1.807, 2.05) is 55.5 Å². The summed E-state index contributed by atoms with van der Waals surface area (Å²) in [7, 11) is 1.63. The van der Waals surface area contributed by atoms with E-state index in [1.165, 1.54) is 6.42 Å². The molecule has 1 atom stereocenters. The molecular formula is C25H30N2O3. The molecule has 1 unspecified atom stereocenters. The fraction of sp³-hybridized carbons (Fsp3) is 0.440. The van der Waals surface area contributed by atoms with Gasteiger partial charge in [0.1, 0.15) is 11.3 Å². The highest BCUT2D eigenvalue weighted by Gasteiger charge is 2.47. The minimum Gasteiger partial charge on any atom is -0.496 e. The van der Waals surface area contributed by atoms with Crippen molar-refractivity contribution >= 4 is 11.8 Å². The van der Waals surface area contributed by atoms with Gasteiger partial charge in [-0.25, -0.2) is 0 Å². The third-order valence-electron chi connectivity index (χ3n) is 6.57. The fourth-order valence-corrected chi connectivity index (χ4v) is 4.76. The number of hydrogen-bond donors (Lipinski definition) is 1. The first-order valence-electron chi connectivity index (χ1n) is 10.9. The van der Waals surface area contributed by atoms with E-state index in [0.29, 0.717) is 18.5 Å². The van der Waals surface area contributed by atoms with Crippen molar-refractivity contribution in [3.8, 4) is 5.75 Å². The van der Waals surface area contributed by atoms with Crippen molar-refractivity contribution < 1.29 is 14.3 Å². The summed E-state index contributed by atoms with van der Waals surface area (Å²) in [6.07, 6.45) is 6.05. The van der Waals surface area contributed by atoms with Crippen molar-refractivity contribution in [1.29, 1.82) is 0 Å². The lowest BCUT2D eigenvalue weighted by Gasteiger charge is -2.45. The average Bonchev–Trinajstić information content (AvgIpc) is 2.77. The van der Waals surface area contributed by atoms with Crippen molar-refractivity contribution in [2.45, 2.75) is 63.6 Å². The second kappa shape index (κ2) is 8.50. The Labute approximate surface area is 178 Å². The van der Waals surface area contributed by atoms with Gasteiger partial charge in [0.2, 0.25) is 5.91 Å². The third-order valence-corrected chi connectivity index (χ3v) is 6.57. The smallest absolute Gasteiger partial charge is 0.255 e. The van der Waals surface area contributed by atoms with Gasteiger partial charge in [0.15, 0.2) is 0 Å². The van der Waals surface area contributed by atoms with Gasteiger partial charge < -0.3 is 15.0 Å². The lowest BCUT2D eigenvalue weighted by molar-refractivity contribution is -0.133. The number of para-hydroxylation sites is 1. The molecule has 30 heavy (non-hydrogen) atoms. The Morgan fingerprint density at radius 3 is 2.57 bits per heavy atom. The minimum absolute atomic E-state index is 0.0628. The van der Waals surface area contributed by atoms with Gasteiger partial charge in [0.05, 0.1) is 13.7 Å². The van der Waals surface area contributed by atoms with Crippen LogP contribution in [0.15, 0.2) is 48.5 Å². The Hall–Kier alpha value is -2.82. The van der Waals surface area contributed by atoms with Gasteiger partial charge in [-0.15, -0.1) is 0 Å². The van der Waals surface area contributed by atoms with E-state index in [-0.39, 0.29) is 17.9 Å². The summed E-state index contributed by atoms with van der Waals surface area (Å²) in [5.74, 6) is 0.551. The van der Waals surface area contributed by atoms with Gasteiger partial charge >= 0.3 is 0 Å². The quantitative estimate of drug-likeness (QED) is 0.813. The van der Waals surface area contributed by atoms with Crippen LogP contribution < -0.4 is 10.1 Å². The third kappa shape index (κ3) is 3.81.